The number of fused-ring (bicyclic) bond motifs is 1. The third-order valence-corrected chi connectivity index (χ3v) is 3.96. The number of benzene rings is 1. The van der Waals surface area contributed by atoms with E-state index < -0.39 is 17.5 Å². The summed E-state index contributed by atoms with van der Waals surface area (Å²) in [5.74, 6) is 0.395. The van der Waals surface area contributed by atoms with Gasteiger partial charge in [0.1, 0.15) is 13.2 Å². The third kappa shape index (κ3) is 4.07. The zero-order chi connectivity index (χ0) is 17.8. The Hall–Kier alpha value is -3.08. The quantitative estimate of drug-likeness (QED) is 0.637. The van der Waals surface area contributed by atoms with Crippen LogP contribution >= 0.6 is 11.8 Å². The summed E-state index contributed by atoms with van der Waals surface area (Å²) < 4.78 is 10.9. The second-order valence-corrected chi connectivity index (χ2v) is 5.83. The molecule has 3 rings (SSSR count). The number of nitrogens with zero attached hydrogens (tertiary/aromatic N) is 2. The highest BCUT2D eigenvalue weighted by molar-refractivity contribution is 7.99. The van der Waals surface area contributed by atoms with E-state index in [9.17, 15) is 14.4 Å². The van der Waals surface area contributed by atoms with Crippen molar-refractivity contribution in [3.05, 3.63) is 28.6 Å². The number of amides is 3. The third-order valence-electron chi connectivity index (χ3n) is 3.09. The fourth-order valence-corrected chi connectivity index (χ4v) is 2.68. The number of aromatic amines is 1. The van der Waals surface area contributed by atoms with Crippen LogP contribution in [0.3, 0.4) is 0 Å². The Morgan fingerprint density at radius 1 is 1.24 bits per heavy atom. The zero-order valence-corrected chi connectivity index (χ0v) is 13.6. The average molecular weight is 363 g/mol. The van der Waals surface area contributed by atoms with E-state index in [1.807, 2.05) is 5.32 Å². The summed E-state index contributed by atoms with van der Waals surface area (Å²) in [6.45, 7) is 0.906. The summed E-state index contributed by atoms with van der Waals surface area (Å²) >= 11 is 0.918. The van der Waals surface area contributed by atoms with Gasteiger partial charge in [-0.25, -0.2) is 4.79 Å². The molecule has 10 nitrogen and oxygen atoms in total. The number of aromatic nitrogens is 3. The Bertz CT molecular complexity index is 884. The summed E-state index contributed by atoms with van der Waals surface area (Å²) in [7, 11) is 0. The number of rotatable bonds is 4. The predicted octanol–water partition coefficient (Wildman–Crippen LogP) is -0.110. The second-order valence-electron chi connectivity index (χ2n) is 4.87. The minimum absolute atomic E-state index is 0.114. The Morgan fingerprint density at radius 2 is 2.00 bits per heavy atom. The first-order chi connectivity index (χ1) is 12.0. The summed E-state index contributed by atoms with van der Waals surface area (Å²) in [6, 6.07) is 4.09. The number of urea groups is 1. The van der Waals surface area contributed by atoms with Gasteiger partial charge in [0.05, 0.1) is 5.75 Å². The first-order valence-electron chi connectivity index (χ1n) is 7.12. The summed E-state index contributed by atoms with van der Waals surface area (Å²) in [5.41, 5.74) is 5.01. The van der Waals surface area contributed by atoms with Crippen LogP contribution in [0, 0.1) is 0 Å². The van der Waals surface area contributed by atoms with E-state index in [4.69, 9.17) is 15.2 Å². The van der Waals surface area contributed by atoms with Crippen molar-refractivity contribution in [2.75, 3.05) is 19.0 Å². The number of ether oxygens (including phenoxy) is 2. The van der Waals surface area contributed by atoms with Crippen molar-refractivity contribution in [2.45, 2.75) is 5.16 Å². The van der Waals surface area contributed by atoms with Crippen LogP contribution in [0.2, 0.25) is 0 Å². The van der Waals surface area contributed by atoms with Crippen molar-refractivity contribution >= 4 is 23.7 Å². The molecule has 1 aliphatic heterocycles. The van der Waals surface area contributed by atoms with Crippen LogP contribution in [0.15, 0.2) is 28.2 Å². The van der Waals surface area contributed by atoms with Crippen molar-refractivity contribution in [3.8, 4) is 22.8 Å². The van der Waals surface area contributed by atoms with Crippen LogP contribution in [-0.4, -0.2) is 46.1 Å². The van der Waals surface area contributed by atoms with Crippen LogP contribution in [0.25, 0.3) is 11.3 Å². The molecular formula is C14H13N5O5S. The molecule has 0 saturated carbocycles. The van der Waals surface area contributed by atoms with Gasteiger partial charge in [0.2, 0.25) is 5.91 Å². The molecule has 0 bridgehead atoms. The number of hydrogen-bond donors (Lipinski definition) is 3. The maximum absolute atomic E-state index is 12.2. The Kier molecular flexibility index (Phi) is 4.84. The number of carbonyl (C=O) groups is 2. The van der Waals surface area contributed by atoms with Crippen LogP contribution < -0.4 is 26.1 Å². The first kappa shape index (κ1) is 16.8. The van der Waals surface area contributed by atoms with Crippen molar-refractivity contribution in [1.29, 1.82) is 0 Å². The van der Waals surface area contributed by atoms with Crippen LogP contribution in [0.5, 0.6) is 11.5 Å². The monoisotopic (exact) mass is 363 g/mol. The van der Waals surface area contributed by atoms with E-state index in [1.165, 1.54) is 0 Å². The van der Waals surface area contributed by atoms with Crippen LogP contribution in [0.1, 0.15) is 0 Å². The van der Waals surface area contributed by atoms with Crippen molar-refractivity contribution in [3.63, 3.8) is 0 Å². The molecule has 25 heavy (non-hydrogen) atoms. The number of imide groups is 1. The van der Waals surface area contributed by atoms with Gasteiger partial charge in [-0.05, 0) is 18.2 Å². The first-order valence-corrected chi connectivity index (χ1v) is 8.10. The molecule has 0 atom stereocenters. The highest BCUT2D eigenvalue weighted by Crippen LogP contribution is 2.33. The molecule has 11 heteroatoms. The van der Waals surface area contributed by atoms with Gasteiger partial charge >= 0.3 is 6.03 Å². The second kappa shape index (κ2) is 7.21. The smallest absolute Gasteiger partial charge is 0.318 e. The molecule has 0 spiro atoms. The normalized spacial score (nSPS) is 12.5. The lowest BCUT2D eigenvalue weighted by Crippen LogP contribution is -2.36. The zero-order valence-electron chi connectivity index (χ0n) is 12.8. The van der Waals surface area contributed by atoms with Gasteiger partial charge in [0.15, 0.2) is 22.3 Å². The molecule has 2 aromatic rings. The molecule has 1 aromatic heterocycles. The van der Waals surface area contributed by atoms with Crippen LogP contribution in [0.4, 0.5) is 4.79 Å². The van der Waals surface area contributed by atoms with E-state index in [-0.39, 0.29) is 16.6 Å². The number of nitrogens with one attached hydrogen (secondary N) is 2. The lowest BCUT2D eigenvalue weighted by molar-refractivity contribution is -0.117. The van der Waals surface area contributed by atoms with Gasteiger partial charge in [-0.2, -0.15) is 0 Å². The predicted molar refractivity (Wildman–Crippen MR) is 87.5 cm³/mol. The molecule has 0 aliphatic carbocycles. The molecule has 4 N–H and O–H groups in total. The molecule has 0 unspecified atom stereocenters. The number of primary amides is 1. The number of carbonyl (C=O) groups excluding carboxylic acids is 2. The minimum Gasteiger partial charge on any atom is -0.486 e. The lowest BCUT2D eigenvalue weighted by atomic mass is 10.1. The number of thioether (sulfide) groups is 1. The fourth-order valence-electron chi connectivity index (χ4n) is 2.07. The molecule has 0 fully saturated rings. The molecule has 130 valence electrons. The van der Waals surface area contributed by atoms with Crippen molar-refractivity contribution < 1.29 is 19.1 Å². The van der Waals surface area contributed by atoms with Gasteiger partial charge in [-0.3, -0.25) is 19.9 Å². The average Bonchev–Trinajstić information content (AvgIpc) is 2.59. The maximum atomic E-state index is 12.2. The number of H-pyrrole nitrogens is 1. The summed E-state index contributed by atoms with van der Waals surface area (Å²) in [6.07, 6.45) is 0. The largest absolute Gasteiger partial charge is 0.486 e. The van der Waals surface area contributed by atoms with Crippen LogP contribution in [-0.2, 0) is 4.79 Å². The molecular weight excluding hydrogens is 350 g/mol. The van der Waals surface area contributed by atoms with Gasteiger partial charge in [0.25, 0.3) is 5.56 Å². The van der Waals surface area contributed by atoms with E-state index >= 15 is 0 Å². The molecule has 1 aliphatic rings. The van der Waals surface area contributed by atoms with Gasteiger partial charge < -0.3 is 15.2 Å². The SMILES string of the molecule is NC(=O)NC(=O)CSc1nnc(-c2ccc3c(c2)OCCO3)c(=O)[nH]1. The summed E-state index contributed by atoms with van der Waals surface area (Å²) in [5, 5.41) is 9.82. The van der Waals surface area contributed by atoms with E-state index in [1.54, 1.807) is 18.2 Å². The summed E-state index contributed by atoms with van der Waals surface area (Å²) in [4.78, 5) is 36.6. The van der Waals surface area contributed by atoms with E-state index in [0.717, 1.165) is 11.8 Å². The molecule has 0 radical (unpaired) electrons. The maximum Gasteiger partial charge on any atom is 0.318 e. The highest BCUT2D eigenvalue weighted by atomic mass is 32.2. The van der Waals surface area contributed by atoms with Crippen molar-refractivity contribution in [2.24, 2.45) is 5.73 Å². The lowest BCUT2D eigenvalue weighted by Gasteiger charge is -2.18. The standard InChI is InChI=1S/C14H13N5O5S/c15-13(22)16-10(20)6-25-14-17-12(21)11(18-19-14)7-1-2-8-9(5-7)24-4-3-23-8/h1-2,5H,3-4,6H2,(H,17,19,21)(H3,15,16,20,22). The molecule has 0 saturated heterocycles. The van der Waals surface area contributed by atoms with Gasteiger partial charge in [0, 0.05) is 5.56 Å². The Morgan fingerprint density at radius 3 is 2.72 bits per heavy atom. The van der Waals surface area contributed by atoms with Gasteiger partial charge in [-0.1, -0.05) is 11.8 Å². The molecule has 1 aromatic carbocycles. The number of hydrogen-bond acceptors (Lipinski definition) is 8. The minimum atomic E-state index is -0.945. The van der Waals surface area contributed by atoms with Gasteiger partial charge in [-0.15, -0.1) is 10.2 Å². The van der Waals surface area contributed by atoms with E-state index in [2.05, 4.69) is 15.2 Å². The number of nitrogens with two attached hydrogens (primary N) is 1. The Balaban J connectivity index is 1.75. The van der Waals surface area contributed by atoms with E-state index in [0.29, 0.717) is 30.3 Å². The molecule has 3 amide bonds. The van der Waals surface area contributed by atoms with Crippen molar-refractivity contribution in [1.82, 2.24) is 20.5 Å². The Labute approximate surface area is 145 Å². The highest BCUT2D eigenvalue weighted by Gasteiger charge is 2.15. The molecule has 2 heterocycles. The topological polar surface area (TPSA) is 149 Å². The fraction of sp³-hybridized carbons (Fsp3) is 0.214.